The van der Waals surface area contributed by atoms with Crippen LogP contribution in [-0.2, 0) is 66.5 Å². The van der Waals surface area contributed by atoms with E-state index in [-0.39, 0.29) is 60.3 Å². The first-order chi connectivity index (χ1) is 53.8. The molecule has 0 amide bonds. The summed E-state index contributed by atoms with van der Waals surface area (Å²) in [6.45, 7) is 18.9. The molecule has 0 aliphatic carbocycles. The van der Waals surface area contributed by atoms with Gasteiger partial charge in [-0.05, 0) is 138 Å². The summed E-state index contributed by atoms with van der Waals surface area (Å²) in [6.07, 6.45) is 6.59. The fourth-order valence-corrected chi connectivity index (χ4v) is 12.7. The predicted octanol–water partition coefficient (Wildman–Crippen LogP) is 24.2. The van der Waals surface area contributed by atoms with Gasteiger partial charge in [0.25, 0.3) is 0 Å². The van der Waals surface area contributed by atoms with E-state index in [1.165, 1.54) is 61.2 Å². The Labute approximate surface area is 703 Å². The number of nitrogens with zero attached hydrogens (tertiary/aromatic N) is 9. The molecular weight excluding hydrogens is 1950 g/mol. The van der Waals surface area contributed by atoms with Crippen molar-refractivity contribution in [1.82, 2.24) is 44.9 Å². The van der Waals surface area contributed by atoms with Crippen molar-refractivity contribution < 1.29 is 78.2 Å². The minimum atomic E-state index is -4.35. The molecule has 3 radical (unpaired) electrons. The molecule has 6 aromatic heterocycles. The number of alkyl halides is 3. The molecule has 0 aliphatic rings. The molecule has 0 bridgehead atoms. The molecule has 18 rings (SSSR count). The Morgan fingerprint density at radius 2 is 0.842 bits per heavy atom. The molecule has 6 heterocycles. The maximum Gasteiger partial charge on any atom is 0.416 e. The fourth-order valence-electron chi connectivity index (χ4n) is 12.7. The van der Waals surface area contributed by atoms with Crippen LogP contribution in [0.1, 0.15) is 55.6 Å². The van der Waals surface area contributed by atoms with Gasteiger partial charge in [0.05, 0.1) is 46.7 Å². The first-order valence-electron chi connectivity index (χ1n) is 36.1. The Kier molecular flexibility index (Phi) is 29.2. The standard InChI is InChI=1S/C21H17N2.C19H10F3N2.C19H13N2O.3C13H12N.3Ir/c1-13-10-18-15(3)9-17-12-22-21(16-7-5-4-6-8-16)23-20(17)19(18)11-14(13)2;20-19(21,22)14-7-8-15-13(10-14)6-9-17-16(15)11-23-18(24-17)12-4-2-1-3-5-12;1-22-16-10-8-14(9-11-16)19-20-12-15-7-6-13-4-2-3-5-17(13)18(15)21-19;2*1-10-7-11(2)9-12(8-10)13-5-3-4-6-14-13;1-10-8-13(14-9-11(10)2)12-6-4-3-5-7-12;;;/h4-7,9-12H,1-3H3;1-4,6-11H;2-8,10-12H,1H3;2*3-8H,1-2H3;3-6,8-9H,1-2H3;;;/q6*-1;;;. The summed E-state index contributed by atoms with van der Waals surface area (Å²) in [5.74, 6) is 2.71. The number of aromatic nitrogens is 9. The van der Waals surface area contributed by atoms with E-state index >= 15 is 0 Å². The molecule has 0 spiro atoms. The fraction of sp³-hybridized carbons (Fsp3) is 0.112. The molecular formula is C98H76F3Ir3N9O-6. The molecule has 0 atom stereocenters. The van der Waals surface area contributed by atoms with Crippen molar-refractivity contribution >= 4 is 65.0 Å². The molecule has 0 fully saturated rings. The Bertz CT molecular complexity index is 6160. The van der Waals surface area contributed by atoms with Gasteiger partial charge in [0.1, 0.15) is 0 Å². The average Bonchev–Trinajstić information content (AvgIpc) is 0.759. The molecule has 0 aliphatic heterocycles. The van der Waals surface area contributed by atoms with Gasteiger partial charge in [-0.1, -0.05) is 118 Å². The van der Waals surface area contributed by atoms with E-state index in [1.807, 2.05) is 146 Å². The van der Waals surface area contributed by atoms with Gasteiger partial charge < -0.3 is 19.7 Å². The van der Waals surface area contributed by atoms with E-state index in [9.17, 15) is 13.2 Å². The van der Waals surface area contributed by atoms with Crippen molar-refractivity contribution in [2.75, 3.05) is 7.11 Å². The van der Waals surface area contributed by atoms with Crippen LogP contribution in [-0.4, -0.2) is 52.0 Å². The monoisotopic (exact) mass is 2030 g/mol. The molecule has 10 nitrogen and oxygen atoms in total. The van der Waals surface area contributed by atoms with E-state index in [1.54, 1.807) is 50.0 Å². The van der Waals surface area contributed by atoms with Crippen LogP contribution in [0.3, 0.4) is 0 Å². The van der Waals surface area contributed by atoms with Gasteiger partial charge in [0.15, 0.2) is 0 Å². The first kappa shape index (κ1) is 84.9. The Morgan fingerprint density at radius 3 is 1.39 bits per heavy atom. The van der Waals surface area contributed by atoms with Crippen LogP contribution in [0.2, 0.25) is 0 Å². The van der Waals surface area contributed by atoms with Gasteiger partial charge in [0.2, 0.25) is 0 Å². The van der Waals surface area contributed by atoms with Crippen molar-refractivity contribution in [2.45, 2.75) is 68.5 Å². The minimum absolute atomic E-state index is 0. The van der Waals surface area contributed by atoms with Crippen molar-refractivity contribution in [3.8, 4) is 73.7 Å². The zero-order chi connectivity index (χ0) is 77.5. The van der Waals surface area contributed by atoms with E-state index in [4.69, 9.17) is 14.7 Å². The summed E-state index contributed by atoms with van der Waals surface area (Å²) >= 11 is 0. The second kappa shape index (κ2) is 39.3. The molecule has 0 unspecified atom stereocenters. The summed E-state index contributed by atoms with van der Waals surface area (Å²) in [5, 5.41) is 8.83. The number of fused-ring (bicyclic) bond motifs is 9. The Balaban J connectivity index is 0.000000146. The third-order valence-electron chi connectivity index (χ3n) is 18.6. The van der Waals surface area contributed by atoms with E-state index in [0.717, 1.165) is 118 Å². The molecule has 18 aromatic rings. The van der Waals surface area contributed by atoms with Crippen LogP contribution in [0.25, 0.3) is 133 Å². The van der Waals surface area contributed by atoms with Crippen LogP contribution in [0, 0.1) is 98.7 Å². The van der Waals surface area contributed by atoms with Crippen LogP contribution < -0.4 is 4.74 Å². The van der Waals surface area contributed by atoms with Gasteiger partial charge in [-0.2, -0.15) is 13.2 Å². The maximum absolute atomic E-state index is 12.8. The zero-order valence-corrected chi connectivity index (χ0v) is 71.3. The van der Waals surface area contributed by atoms with Crippen LogP contribution in [0.4, 0.5) is 13.2 Å². The number of halogens is 3. The van der Waals surface area contributed by atoms with E-state index in [0.29, 0.717) is 27.9 Å². The number of hydrogen-bond donors (Lipinski definition) is 0. The van der Waals surface area contributed by atoms with E-state index in [2.05, 4.69) is 206 Å². The van der Waals surface area contributed by atoms with Gasteiger partial charge in [0, 0.05) is 130 Å². The SMILES string of the molecule is COc1c[c-]c(-c2ncc3ccc4ccccc4c3n2)cc1.Cc1[c-]c(-c2ccccn2)cc(C)c1.Cc1[c-]c(-c2ccccn2)cc(C)c1.Cc1cc2c(C)cc3cnc(-c4[c-]cccc4)nc3c2cc1C.Cc1cnc(-c2[c-]cccc2)cc1C.FC(F)(F)c1ccc2c(ccc3nc(-c4[c-]cccc4)ncc32)c1.[Ir].[Ir].[Ir]. The predicted molar refractivity (Wildman–Crippen MR) is 444 cm³/mol. The molecule has 0 saturated heterocycles. The molecule has 573 valence electrons. The van der Waals surface area contributed by atoms with E-state index < -0.39 is 11.7 Å². The minimum Gasteiger partial charge on any atom is -0.540 e. The Hall–Kier alpha value is -11.6. The van der Waals surface area contributed by atoms with Gasteiger partial charge in [-0.3, -0.25) is 29.9 Å². The van der Waals surface area contributed by atoms with Gasteiger partial charge in [-0.25, -0.2) is 0 Å². The molecule has 0 saturated carbocycles. The second-order valence-electron chi connectivity index (χ2n) is 26.9. The number of rotatable bonds is 7. The van der Waals surface area contributed by atoms with Gasteiger partial charge in [-0.15, -0.1) is 207 Å². The first-order valence-corrected chi connectivity index (χ1v) is 36.1. The summed E-state index contributed by atoms with van der Waals surface area (Å²) < 4.78 is 43.7. The quantitative estimate of drug-likeness (QED) is 0.112. The van der Waals surface area contributed by atoms with Crippen molar-refractivity contribution in [1.29, 1.82) is 0 Å². The zero-order valence-electron chi connectivity index (χ0n) is 64.1. The van der Waals surface area contributed by atoms with Crippen molar-refractivity contribution in [2.24, 2.45) is 0 Å². The topological polar surface area (TPSA) is 125 Å². The number of methoxy groups -OCH3 is 1. The second-order valence-corrected chi connectivity index (χ2v) is 26.9. The largest absolute Gasteiger partial charge is 0.540 e. The molecule has 114 heavy (non-hydrogen) atoms. The van der Waals surface area contributed by atoms with Crippen LogP contribution in [0.15, 0.2) is 280 Å². The number of pyridine rings is 3. The summed E-state index contributed by atoms with van der Waals surface area (Å²) in [6, 6.07) is 96.4. The average molecular weight is 2030 g/mol. The third kappa shape index (κ3) is 21.2. The van der Waals surface area contributed by atoms with Crippen LogP contribution >= 0.6 is 0 Å². The maximum atomic E-state index is 12.8. The number of aryl methyl sites for hydroxylation is 9. The van der Waals surface area contributed by atoms with Crippen LogP contribution in [0.5, 0.6) is 5.75 Å². The Morgan fingerprint density at radius 1 is 0.325 bits per heavy atom. The van der Waals surface area contributed by atoms with Gasteiger partial charge >= 0.3 is 6.18 Å². The third-order valence-corrected chi connectivity index (χ3v) is 18.6. The number of ether oxygens (including phenoxy) is 1. The smallest absolute Gasteiger partial charge is 0.416 e. The number of hydrogen-bond acceptors (Lipinski definition) is 10. The molecule has 0 N–H and O–H groups in total. The summed E-state index contributed by atoms with van der Waals surface area (Å²) in [4.78, 5) is 40.4. The van der Waals surface area contributed by atoms with Crippen molar-refractivity contribution in [3.05, 3.63) is 372 Å². The summed E-state index contributed by atoms with van der Waals surface area (Å²) in [5.41, 5.74) is 21.9. The van der Waals surface area contributed by atoms with Crippen molar-refractivity contribution in [3.63, 3.8) is 0 Å². The normalized spacial score (nSPS) is 10.6. The molecule has 12 aromatic carbocycles. The molecule has 16 heteroatoms. The number of benzene rings is 12. The summed E-state index contributed by atoms with van der Waals surface area (Å²) in [7, 11) is 1.64.